The van der Waals surface area contributed by atoms with Gasteiger partial charge >= 0.3 is 0 Å². The van der Waals surface area contributed by atoms with Crippen molar-refractivity contribution >= 4 is 17.9 Å². The van der Waals surface area contributed by atoms with Crippen LogP contribution in [0.25, 0.3) is 6.08 Å². The predicted octanol–water partition coefficient (Wildman–Crippen LogP) is 1.23. The van der Waals surface area contributed by atoms with Crippen LogP contribution >= 0.6 is 0 Å². The lowest BCUT2D eigenvalue weighted by Gasteiger charge is -2.07. The topological polar surface area (TPSA) is 92.3 Å². The molecule has 0 aliphatic rings. The third-order valence-electron chi connectivity index (χ3n) is 2.64. The summed E-state index contributed by atoms with van der Waals surface area (Å²) < 4.78 is 11.5. The van der Waals surface area contributed by atoms with Gasteiger partial charge in [-0.05, 0) is 23.8 Å². The Labute approximate surface area is 115 Å². The van der Waals surface area contributed by atoms with Crippen molar-refractivity contribution in [1.29, 1.82) is 0 Å². The van der Waals surface area contributed by atoms with E-state index in [2.05, 4.69) is 10.2 Å². The lowest BCUT2D eigenvalue weighted by molar-refractivity contribution is 0.0972. The molecule has 20 heavy (non-hydrogen) atoms. The second kappa shape index (κ2) is 5.87. The molecule has 0 saturated heterocycles. The van der Waals surface area contributed by atoms with Crippen LogP contribution in [0.15, 0.2) is 30.6 Å². The summed E-state index contributed by atoms with van der Waals surface area (Å²) in [5, 5.41) is 7.09. The third-order valence-corrected chi connectivity index (χ3v) is 2.64. The Morgan fingerprint density at radius 1 is 1.30 bits per heavy atom. The van der Waals surface area contributed by atoms with Gasteiger partial charge in [-0.25, -0.2) is 4.57 Å². The summed E-state index contributed by atoms with van der Waals surface area (Å²) in [5.41, 5.74) is 6.29. The number of ether oxygens (including phenoxy) is 2. The molecule has 0 saturated carbocycles. The quantitative estimate of drug-likeness (QED) is 0.843. The Bertz CT molecular complexity index is 649. The van der Waals surface area contributed by atoms with Crippen LogP contribution in [0.4, 0.5) is 5.95 Å². The van der Waals surface area contributed by atoms with Crippen molar-refractivity contribution in [3.8, 4) is 11.5 Å². The summed E-state index contributed by atoms with van der Waals surface area (Å²) >= 11 is 0. The van der Waals surface area contributed by atoms with Crippen molar-refractivity contribution in [2.24, 2.45) is 0 Å². The Balaban J connectivity index is 2.19. The van der Waals surface area contributed by atoms with Crippen molar-refractivity contribution in [2.45, 2.75) is 0 Å². The first kappa shape index (κ1) is 13.6. The van der Waals surface area contributed by atoms with Gasteiger partial charge in [0.2, 0.25) is 5.95 Å². The molecule has 2 aromatic rings. The first-order valence-corrected chi connectivity index (χ1v) is 5.75. The zero-order valence-electron chi connectivity index (χ0n) is 11.1. The summed E-state index contributed by atoms with van der Waals surface area (Å²) in [6.45, 7) is 0. The van der Waals surface area contributed by atoms with Crippen LogP contribution in [0.3, 0.4) is 0 Å². The number of hydrogen-bond donors (Lipinski definition) is 1. The maximum absolute atomic E-state index is 11.8. The van der Waals surface area contributed by atoms with Gasteiger partial charge in [-0.15, -0.1) is 10.2 Å². The molecule has 7 heteroatoms. The van der Waals surface area contributed by atoms with Crippen molar-refractivity contribution in [3.63, 3.8) is 0 Å². The fourth-order valence-electron chi connectivity index (χ4n) is 1.62. The van der Waals surface area contributed by atoms with E-state index in [-0.39, 0.29) is 11.9 Å². The van der Waals surface area contributed by atoms with Gasteiger partial charge in [0.25, 0.3) is 5.91 Å². The number of nitrogens with two attached hydrogens (primary N) is 1. The highest BCUT2D eigenvalue weighted by Gasteiger charge is 2.06. The molecular formula is C13H14N4O3. The second-order valence-electron chi connectivity index (χ2n) is 3.85. The number of aromatic nitrogens is 3. The van der Waals surface area contributed by atoms with Gasteiger partial charge in [0.15, 0.2) is 11.5 Å². The van der Waals surface area contributed by atoms with Crippen molar-refractivity contribution in [1.82, 2.24) is 14.8 Å². The zero-order chi connectivity index (χ0) is 14.5. The molecular weight excluding hydrogens is 260 g/mol. The summed E-state index contributed by atoms with van der Waals surface area (Å²) in [6, 6.07) is 5.33. The van der Waals surface area contributed by atoms with E-state index < -0.39 is 0 Å². The highest BCUT2D eigenvalue weighted by molar-refractivity contribution is 5.95. The average molecular weight is 274 g/mol. The number of nitrogen functional groups attached to an aromatic ring is 1. The van der Waals surface area contributed by atoms with E-state index in [1.165, 1.54) is 12.4 Å². The van der Waals surface area contributed by atoms with Gasteiger partial charge in [0, 0.05) is 6.08 Å². The normalized spacial score (nSPS) is 10.7. The molecule has 0 radical (unpaired) electrons. The van der Waals surface area contributed by atoms with Gasteiger partial charge in [-0.3, -0.25) is 4.79 Å². The third kappa shape index (κ3) is 2.77. The maximum atomic E-state index is 11.8. The highest BCUT2D eigenvalue weighted by atomic mass is 16.5. The maximum Gasteiger partial charge on any atom is 0.258 e. The van der Waals surface area contributed by atoms with Crippen LogP contribution in [0.2, 0.25) is 0 Å². The molecule has 1 aromatic carbocycles. The van der Waals surface area contributed by atoms with Crippen molar-refractivity contribution in [3.05, 3.63) is 36.2 Å². The molecule has 104 valence electrons. The number of nitrogens with zero attached hydrogens (tertiary/aromatic N) is 3. The molecule has 0 fully saturated rings. The lowest BCUT2D eigenvalue weighted by Crippen LogP contribution is -2.09. The van der Waals surface area contributed by atoms with Crippen LogP contribution in [0, 0.1) is 0 Å². The minimum Gasteiger partial charge on any atom is -0.493 e. The molecule has 1 heterocycles. The first-order valence-electron chi connectivity index (χ1n) is 5.75. The number of allylic oxidation sites excluding steroid dienone is 1. The molecule has 0 aliphatic heterocycles. The van der Waals surface area contributed by atoms with Gasteiger partial charge in [-0.1, -0.05) is 6.07 Å². The molecule has 0 atom stereocenters. The number of carbonyl (C=O) groups excluding carboxylic acids is 1. The molecule has 2 rings (SSSR count). The number of rotatable bonds is 4. The fraction of sp³-hybridized carbons (Fsp3) is 0.154. The van der Waals surface area contributed by atoms with Crippen molar-refractivity contribution in [2.75, 3.05) is 20.0 Å². The van der Waals surface area contributed by atoms with E-state index in [0.29, 0.717) is 11.5 Å². The number of benzene rings is 1. The van der Waals surface area contributed by atoms with Gasteiger partial charge in [-0.2, -0.15) is 0 Å². The lowest BCUT2D eigenvalue weighted by atomic mass is 10.2. The number of anilines is 1. The summed E-state index contributed by atoms with van der Waals surface area (Å²) in [5.74, 6) is 0.930. The molecule has 0 amide bonds. The van der Waals surface area contributed by atoms with E-state index >= 15 is 0 Å². The van der Waals surface area contributed by atoms with Crippen LogP contribution in [-0.2, 0) is 0 Å². The van der Waals surface area contributed by atoms with Crippen LogP contribution < -0.4 is 15.2 Å². The molecule has 0 spiro atoms. The largest absolute Gasteiger partial charge is 0.493 e. The number of methoxy groups -OCH3 is 2. The molecule has 7 nitrogen and oxygen atoms in total. The van der Waals surface area contributed by atoms with Crippen molar-refractivity contribution < 1.29 is 14.3 Å². The van der Waals surface area contributed by atoms with Gasteiger partial charge in [0.05, 0.1) is 14.2 Å². The first-order chi connectivity index (χ1) is 9.65. The zero-order valence-corrected chi connectivity index (χ0v) is 11.1. The van der Waals surface area contributed by atoms with Gasteiger partial charge in [0.1, 0.15) is 6.33 Å². The van der Waals surface area contributed by atoms with E-state index in [1.54, 1.807) is 38.5 Å². The van der Waals surface area contributed by atoms with Gasteiger partial charge < -0.3 is 15.2 Å². The van der Waals surface area contributed by atoms with E-state index in [4.69, 9.17) is 15.2 Å². The molecule has 0 aliphatic carbocycles. The SMILES string of the molecule is COc1ccc(C=CC(=O)n2cnnc2N)cc1OC. The Morgan fingerprint density at radius 2 is 2.05 bits per heavy atom. The summed E-state index contributed by atoms with van der Waals surface area (Å²) in [7, 11) is 3.11. The Kier molecular flexibility index (Phi) is 3.99. The average Bonchev–Trinajstić information content (AvgIpc) is 2.90. The minimum absolute atomic E-state index is 0.0481. The van der Waals surface area contributed by atoms with Crippen LogP contribution in [-0.4, -0.2) is 34.9 Å². The Morgan fingerprint density at radius 3 is 2.65 bits per heavy atom. The number of carbonyl (C=O) groups is 1. The smallest absolute Gasteiger partial charge is 0.258 e. The van der Waals surface area contributed by atoms with Crippen LogP contribution in [0.1, 0.15) is 10.4 Å². The Hall–Kier alpha value is -2.83. The highest BCUT2D eigenvalue weighted by Crippen LogP contribution is 2.27. The number of hydrogen-bond acceptors (Lipinski definition) is 6. The van der Waals surface area contributed by atoms with E-state index in [9.17, 15) is 4.79 Å². The standard InChI is InChI=1S/C13H14N4O3/c1-19-10-5-3-9(7-11(10)20-2)4-6-12(18)17-8-15-16-13(17)14/h3-8H,1-2H3,(H2,14,16). The molecule has 2 N–H and O–H groups in total. The molecule has 0 bridgehead atoms. The molecule has 0 unspecified atom stereocenters. The van der Waals surface area contributed by atoms with E-state index in [0.717, 1.165) is 10.1 Å². The second-order valence-corrected chi connectivity index (χ2v) is 3.85. The monoisotopic (exact) mass is 274 g/mol. The van der Waals surface area contributed by atoms with Crippen LogP contribution in [0.5, 0.6) is 11.5 Å². The molecule has 1 aromatic heterocycles. The summed E-state index contributed by atoms with van der Waals surface area (Å²) in [4.78, 5) is 11.8. The minimum atomic E-state index is -0.331. The fourth-order valence-corrected chi connectivity index (χ4v) is 1.62. The van der Waals surface area contributed by atoms with E-state index in [1.807, 2.05) is 0 Å². The summed E-state index contributed by atoms with van der Waals surface area (Å²) in [6.07, 6.45) is 4.28. The predicted molar refractivity (Wildman–Crippen MR) is 73.6 cm³/mol.